The molecular weight excluding hydrogens is 688 g/mol. The van der Waals surface area contributed by atoms with Crippen molar-refractivity contribution in [3.8, 4) is 5.75 Å². The Bertz CT molecular complexity index is 1480. The number of anilines is 1. The molecule has 16 heteroatoms. The van der Waals surface area contributed by atoms with Crippen molar-refractivity contribution in [3.63, 3.8) is 0 Å². The summed E-state index contributed by atoms with van der Waals surface area (Å²) in [7, 11) is -3.11. The third-order valence-electron chi connectivity index (χ3n) is 7.54. The molecule has 0 radical (unpaired) electrons. The second kappa shape index (κ2) is 16.5. The van der Waals surface area contributed by atoms with Gasteiger partial charge in [-0.05, 0) is 67.6 Å². The maximum absolute atomic E-state index is 13.6. The first-order chi connectivity index (χ1) is 22.1. The number of rotatable bonds is 12. The fraction of sp³-hybridized carbons (Fsp3) is 0.406. The average Bonchev–Trinajstić information content (AvgIpc) is 3.00. The first-order valence-corrected chi connectivity index (χ1v) is 16.6. The smallest absolute Gasteiger partial charge is 0.416 e. The lowest BCUT2D eigenvalue weighted by atomic mass is 10.00. The van der Waals surface area contributed by atoms with E-state index < -0.39 is 58.9 Å². The van der Waals surface area contributed by atoms with Gasteiger partial charge >= 0.3 is 12.4 Å². The van der Waals surface area contributed by atoms with Crippen molar-refractivity contribution in [3.05, 3.63) is 94.5 Å². The number of alkyl halides is 6. The van der Waals surface area contributed by atoms with Gasteiger partial charge in [-0.2, -0.15) is 26.3 Å². The molecule has 3 aromatic rings. The van der Waals surface area contributed by atoms with Gasteiger partial charge in [-0.15, -0.1) is 23.2 Å². The Hall–Kier alpha value is -3.21. The monoisotopic (exact) mass is 725 g/mol. The maximum Gasteiger partial charge on any atom is 0.416 e. The second-order valence-electron chi connectivity index (χ2n) is 11.2. The van der Waals surface area contributed by atoms with Crippen LogP contribution in [0.25, 0.3) is 0 Å². The minimum absolute atomic E-state index is 0. The quantitative estimate of drug-likeness (QED) is 0.125. The molecule has 8 nitrogen and oxygen atoms in total. The molecule has 0 bridgehead atoms. The van der Waals surface area contributed by atoms with Gasteiger partial charge in [-0.3, -0.25) is 18.2 Å². The summed E-state index contributed by atoms with van der Waals surface area (Å²) in [6.45, 7) is 1.68. The van der Waals surface area contributed by atoms with Crippen LogP contribution in [0.3, 0.4) is 0 Å². The highest BCUT2D eigenvalue weighted by Gasteiger charge is 2.37. The normalized spacial score (nSPS) is 16.8. The Morgan fingerprint density at radius 3 is 2.17 bits per heavy atom. The van der Waals surface area contributed by atoms with Crippen molar-refractivity contribution < 1.29 is 50.1 Å². The van der Waals surface area contributed by atoms with Crippen LogP contribution in [0.15, 0.2) is 66.7 Å². The van der Waals surface area contributed by atoms with E-state index in [-0.39, 0.29) is 54.9 Å². The van der Waals surface area contributed by atoms with E-state index in [1.807, 2.05) is 0 Å². The van der Waals surface area contributed by atoms with Crippen LogP contribution in [-0.4, -0.2) is 57.7 Å². The van der Waals surface area contributed by atoms with Gasteiger partial charge in [0.25, 0.3) is 5.91 Å². The summed E-state index contributed by atoms with van der Waals surface area (Å²) in [5.41, 5.74) is -1.94. The minimum Gasteiger partial charge on any atom is -0.494 e. The van der Waals surface area contributed by atoms with Gasteiger partial charge in [0.05, 0.1) is 41.3 Å². The number of halogens is 7. The van der Waals surface area contributed by atoms with E-state index >= 15 is 0 Å². The number of carbonyl (C=O) groups excluding carboxylic acids is 1. The molecule has 48 heavy (non-hydrogen) atoms. The van der Waals surface area contributed by atoms with Crippen molar-refractivity contribution in [1.29, 1.82) is 0 Å². The molecule has 1 aliphatic rings. The first-order valence-electron chi connectivity index (χ1n) is 14.9. The molecule has 1 fully saturated rings. The third-order valence-corrected chi connectivity index (χ3v) is 9.48. The maximum atomic E-state index is 13.6. The molecule has 3 aromatic carbocycles. The molecule has 1 heterocycles. The van der Waals surface area contributed by atoms with Crippen LogP contribution in [0.1, 0.15) is 52.4 Å². The number of carbonyl (C=O) groups is 1. The van der Waals surface area contributed by atoms with Crippen molar-refractivity contribution in [1.82, 2.24) is 10.6 Å². The summed E-state index contributed by atoms with van der Waals surface area (Å²) in [5.74, 6) is -0.116. The molecule has 2 atom stereocenters. The molecule has 0 aliphatic carbocycles. The summed E-state index contributed by atoms with van der Waals surface area (Å²) >= 11 is 0. The zero-order valence-corrected chi connectivity index (χ0v) is 27.5. The van der Waals surface area contributed by atoms with Gasteiger partial charge in [-0.25, -0.2) is 0 Å². The first kappa shape index (κ1) is 39.2. The molecule has 0 unspecified atom stereocenters. The molecule has 0 spiro atoms. The van der Waals surface area contributed by atoms with Crippen LogP contribution in [-0.2, 0) is 25.3 Å². The molecule has 266 valence electrons. The zero-order valence-electron chi connectivity index (χ0n) is 25.9. The number of amides is 1. The lowest BCUT2D eigenvalue weighted by Crippen LogP contribution is -2.48. The van der Waals surface area contributed by atoms with Crippen LogP contribution in [0.2, 0.25) is 0 Å². The number of aliphatic hydroxyl groups is 1. The highest BCUT2D eigenvalue weighted by Crippen LogP contribution is 2.50. The lowest BCUT2D eigenvalue weighted by molar-refractivity contribution is -0.143. The number of hydrogen-bond acceptors (Lipinski definition) is 7. The predicted octanol–water partition coefficient (Wildman–Crippen LogP) is 7.30. The largest absolute Gasteiger partial charge is 0.494 e. The van der Waals surface area contributed by atoms with E-state index in [2.05, 4.69) is 10.6 Å². The predicted molar refractivity (Wildman–Crippen MR) is 175 cm³/mol. The number of benzene rings is 3. The van der Waals surface area contributed by atoms with Crippen molar-refractivity contribution >= 4 is 34.8 Å². The van der Waals surface area contributed by atoms with Gasteiger partial charge in [0.2, 0.25) is 0 Å². The van der Waals surface area contributed by atoms with E-state index in [1.54, 1.807) is 43.3 Å². The van der Waals surface area contributed by atoms with Gasteiger partial charge in [-0.1, -0.05) is 30.3 Å². The van der Waals surface area contributed by atoms with Gasteiger partial charge in [0.1, 0.15) is 5.75 Å². The van der Waals surface area contributed by atoms with Crippen LogP contribution in [0.4, 0.5) is 32.0 Å². The molecule has 5 N–H and O–H groups in total. The molecule has 0 saturated carbocycles. The lowest BCUT2D eigenvalue weighted by Gasteiger charge is -2.47. The van der Waals surface area contributed by atoms with E-state index in [0.717, 1.165) is 5.56 Å². The van der Waals surface area contributed by atoms with Crippen LogP contribution >= 0.6 is 23.2 Å². The Balaban J connectivity index is 0.00000625. The van der Waals surface area contributed by atoms with Crippen molar-refractivity contribution in [2.75, 3.05) is 29.8 Å². The topological polar surface area (TPSA) is 114 Å². The van der Waals surface area contributed by atoms with Gasteiger partial charge < -0.3 is 20.5 Å². The third kappa shape index (κ3) is 10.6. The Morgan fingerprint density at radius 1 is 0.938 bits per heavy atom. The number of aliphatic hydroxyl groups excluding tert-OH is 1. The summed E-state index contributed by atoms with van der Waals surface area (Å²) in [5, 5.41) is 16.6. The SMILES string of the molecule is CCOc1cc(C(=O)N[C@@H](Cc2ccccc2)[C@@H](O)CNCc2cc(C(F)(F)F)cc(C(F)(F)F)c2)cc(N2CCCCS2(O)O)c1.Cl. The molecule has 1 saturated heterocycles. The molecule has 0 aromatic heterocycles. The molecule has 1 aliphatic heterocycles. The summed E-state index contributed by atoms with van der Waals surface area (Å²) < 4.78 is 108. The fourth-order valence-corrected chi connectivity index (χ4v) is 6.92. The number of ether oxygens (including phenoxy) is 1. The molecular formula is C32H38ClF6N3O5S. The Labute approximate surface area is 282 Å². The van der Waals surface area contributed by atoms with Crippen LogP contribution < -0.4 is 19.7 Å². The number of nitrogens with one attached hydrogen (secondary N) is 2. The Kier molecular flexibility index (Phi) is 13.5. The van der Waals surface area contributed by atoms with Crippen LogP contribution in [0, 0.1) is 0 Å². The van der Waals surface area contributed by atoms with E-state index in [0.29, 0.717) is 43.0 Å². The van der Waals surface area contributed by atoms with E-state index in [1.165, 1.54) is 16.4 Å². The molecule has 4 rings (SSSR count). The summed E-state index contributed by atoms with van der Waals surface area (Å²) in [6.07, 6.45) is -9.82. The second-order valence-corrected chi connectivity index (χ2v) is 13.3. The van der Waals surface area contributed by atoms with Crippen molar-refractivity contribution in [2.45, 2.75) is 57.2 Å². The van der Waals surface area contributed by atoms with Crippen LogP contribution in [0.5, 0.6) is 5.75 Å². The van der Waals surface area contributed by atoms with E-state index in [4.69, 9.17) is 4.74 Å². The summed E-state index contributed by atoms with van der Waals surface area (Å²) in [6, 6.07) is 13.8. The highest BCUT2D eigenvalue weighted by atomic mass is 35.5. The van der Waals surface area contributed by atoms with E-state index in [9.17, 15) is 45.3 Å². The fourth-order valence-electron chi connectivity index (χ4n) is 5.24. The molecule has 1 amide bonds. The standard InChI is InChI=1S/C32H37F6N3O5S.ClH/c1-2-46-27-16-23(15-26(18-27)41-10-6-7-11-47(41,44)45)30(43)40-28(14-21-8-4-3-5-9-21)29(42)20-39-19-22-12-24(31(33,34)35)17-25(13-22)32(36,37)38;/h3-5,8-9,12-13,15-18,28-29,39,42,44-45H,2,6-7,10-11,14,19-20H2,1H3,(H,40,43);1H/t28-,29-;/m0./s1. The van der Waals surface area contributed by atoms with Gasteiger partial charge in [0, 0.05) is 31.3 Å². The number of nitrogens with zero attached hydrogens (tertiary/aromatic N) is 1. The minimum atomic E-state index is -4.99. The summed E-state index contributed by atoms with van der Waals surface area (Å²) in [4.78, 5) is 13.6. The zero-order chi connectivity index (χ0) is 34.4. The highest BCUT2D eigenvalue weighted by molar-refractivity contribution is 8.25. The van der Waals surface area contributed by atoms with Crippen molar-refractivity contribution in [2.24, 2.45) is 0 Å². The van der Waals surface area contributed by atoms with Gasteiger partial charge in [0.15, 0.2) is 0 Å². The Morgan fingerprint density at radius 2 is 1.58 bits per heavy atom. The average molecular weight is 726 g/mol. The number of hydrogen-bond donors (Lipinski definition) is 5.